The molecule has 120 valence electrons. The third kappa shape index (κ3) is 6.39. The van der Waals surface area contributed by atoms with Crippen LogP contribution in [0.1, 0.15) is 25.1 Å². The van der Waals surface area contributed by atoms with Gasteiger partial charge in [-0.2, -0.15) is 5.10 Å². The third-order valence-corrected chi connectivity index (χ3v) is 2.97. The second kappa shape index (κ2) is 8.79. The Kier molecular flexibility index (Phi) is 6.43. The van der Waals surface area contributed by atoms with Crippen LogP contribution in [0.4, 0.5) is 0 Å². The summed E-state index contributed by atoms with van der Waals surface area (Å²) < 4.78 is 1.80. The second-order valence-electron chi connectivity index (χ2n) is 5.20. The summed E-state index contributed by atoms with van der Waals surface area (Å²) in [5, 5.41) is 15.7. The van der Waals surface area contributed by atoms with Gasteiger partial charge >= 0.3 is 0 Å². The lowest BCUT2D eigenvalue weighted by Gasteiger charge is -2.08. The minimum atomic E-state index is 0.278. The number of hydrazone groups is 1. The Morgan fingerprint density at radius 2 is 2.13 bits per heavy atom. The molecule has 0 saturated carbocycles. The average Bonchev–Trinajstić information content (AvgIpc) is 2.94. The van der Waals surface area contributed by atoms with Gasteiger partial charge in [-0.15, -0.1) is 5.10 Å². The first kappa shape index (κ1) is 16.8. The van der Waals surface area contributed by atoms with Gasteiger partial charge in [0.2, 0.25) is 0 Å². The highest BCUT2D eigenvalue weighted by Crippen LogP contribution is 2.02. The summed E-state index contributed by atoms with van der Waals surface area (Å²) in [6.45, 7) is 4.72. The molecule has 0 bridgehead atoms. The first-order chi connectivity index (χ1) is 11.1. The van der Waals surface area contributed by atoms with E-state index >= 15 is 0 Å². The van der Waals surface area contributed by atoms with E-state index in [4.69, 9.17) is 12.2 Å². The predicted molar refractivity (Wildman–Crippen MR) is 97.1 cm³/mol. The summed E-state index contributed by atoms with van der Waals surface area (Å²) >= 11 is 5.05. The fourth-order valence-electron chi connectivity index (χ4n) is 1.81. The normalized spacial score (nSPS) is 11.4. The van der Waals surface area contributed by atoms with Crippen molar-refractivity contribution in [3.63, 3.8) is 0 Å². The van der Waals surface area contributed by atoms with Crippen LogP contribution < -0.4 is 10.7 Å². The molecule has 0 amide bonds. The molecule has 2 aromatic rings. The molecule has 6 nitrogen and oxygen atoms in total. The van der Waals surface area contributed by atoms with Crippen LogP contribution in [-0.2, 0) is 6.54 Å². The molecule has 0 unspecified atom stereocenters. The maximum absolute atomic E-state index is 5.05. The number of nitrogens with zero attached hydrogens (tertiary/aromatic N) is 4. The van der Waals surface area contributed by atoms with Crippen LogP contribution in [0.5, 0.6) is 0 Å². The largest absolute Gasteiger partial charge is 0.359 e. The number of hydrogen-bond donors (Lipinski definition) is 2. The lowest BCUT2D eigenvalue weighted by atomic mass is 10.2. The summed E-state index contributed by atoms with van der Waals surface area (Å²) in [6.07, 6.45) is 7.11. The molecule has 1 aromatic carbocycles. The standard InChI is InChI=1S/C16H20N6S/c1-13(2)18-16(23)20-17-10-6-9-15-12-22(21-19-15)11-14-7-4-3-5-8-14/h3-10,12-13H,11H2,1-2H3,(H2,18,20,23)/b9-6+,17-10-. The van der Waals surface area contributed by atoms with Crippen molar-refractivity contribution in [1.29, 1.82) is 0 Å². The van der Waals surface area contributed by atoms with Crippen molar-refractivity contribution in [3.05, 3.63) is 53.9 Å². The molecule has 0 atom stereocenters. The van der Waals surface area contributed by atoms with Gasteiger partial charge in [0.05, 0.1) is 12.7 Å². The number of benzene rings is 1. The van der Waals surface area contributed by atoms with Crippen molar-refractivity contribution in [1.82, 2.24) is 25.7 Å². The van der Waals surface area contributed by atoms with Gasteiger partial charge in [0.1, 0.15) is 5.69 Å². The molecular formula is C16H20N6S. The maximum atomic E-state index is 5.05. The van der Waals surface area contributed by atoms with Crippen molar-refractivity contribution < 1.29 is 0 Å². The summed E-state index contributed by atoms with van der Waals surface area (Å²) in [6, 6.07) is 10.4. The molecule has 2 N–H and O–H groups in total. The van der Waals surface area contributed by atoms with Crippen LogP contribution in [0.2, 0.25) is 0 Å². The minimum absolute atomic E-state index is 0.278. The van der Waals surface area contributed by atoms with Crippen molar-refractivity contribution in [2.24, 2.45) is 5.10 Å². The third-order valence-electron chi connectivity index (χ3n) is 2.76. The first-order valence-corrected chi connectivity index (χ1v) is 7.74. The van der Waals surface area contributed by atoms with Crippen molar-refractivity contribution in [3.8, 4) is 0 Å². The molecule has 1 heterocycles. The molecule has 0 radical (unpaired) electrons. The van der Waals surface area contributed by atoms with Gasteiger partial charge in [-0.25, -0.2) is 4.68 Å². The van der Waals surface area contributed by atoms with Gasteiger partial charge < -0.3 is 5.32 Å². The zero-order chi connectivity index (χ0) is 16.5. The van der Waals surface area contributed by atoms with Crippen molar-refractivity contribution in [2.75, 3.05) is 0 Å². The number of hydrogen-bond acceptors (Lipinski definition) is 4. The summed E-state index contributed by atoms with van der Waals surface area (Å²) in [4.78, 5) is 0. The molecule has 0 fully saturated rings. The number of rotatable bonds is 6. The number of nitrogens with one attached hydrogen (secondary N) is 2. The second-order valence-corrected chi connectivity index (χ2v) is 5.61. The van der Waals surface area contributed by atoms with Crippen LogP contribution >= 0.6 is 12.2 Å². The van der Waals surface area contributed by atoms with Crippen molar-refractivity contribution in [2.45, 2.75) is 26.4 Å². The zero-order valence-corrected chi connectivity index (χ0v) is 14.0. The number of thiocarbonyl (C=S) groups is 1. The van der Waals surface area contributed by atoms with E-state index in [0.717, 1.165) is 5.69 Å². The molecule has 2 rings (SSSR count). The Bertz CT molecular complexity index is 675. The van der Waals surface area contributed by atoms with Gasteiger partial charge in [0, 0.05) is 12.3 Å². The highest BCUT2D eigenvalue weighted by atomic mass is 32.1. The van der Waals surface area contributed by atoms with Crippen LogP contribution in [0.15, 0.2) is 47.7 Å². The SMILES string of the molecule is CC(C)NC(=S)N/N=C\C=C\c1cn(Cc2ccccc2)nn1. The van der Waals surface area contributed by atoms with E-state index < -0.39 is 0 Å². The Morgan fingerprint density at radius 3 is 2.87 bits per heavy atom. The van der Waals surface area contributed by atoms with E-state index in [1.807, 2.05) is 44.3 Å². The van der Waals surface area contributed by atoms with Crippen LogP contribution in [0, 0.1) is 0 Å². The summed E-state index contributed by atoms with van der Waals surface area (Å²) in [5.74, 6) is 0. The van der Waals surface area contributed by atoms with E-state index in [1.54, 1.807) is 17.0 Å². The fraction of sp³-hybridized carbons (Fsp3) is 0.250. The molecule has 1 aromatic heterocycles. The van der Waals surface area contributed by atoms with Crippen molar-refractivity contribution >= 4 is 29.6 Å². The molecule has 0 aliphatic rings. The van der Waals surface area contributed by atoms with E-state index in [9.17, 15) is 0 Å². The zero-order valence-electron chi connectivity index (χ0n) is 13.2. The highest BCUT2D eigenvalue weighted by Gasteiger charge is 1.98. The van der Waals surface area contributed by atoms with Gasteiger partial charge in [0.15, 0.2) is 5.11 Å². The van der Waals surface area contributed by atoms with Crippen LogP contribution in [-0.4, -0.2) is 32.4 Å². The van der Waals surface area contributed by atoms with Gasteiger partial charge in [-0.1, -0.05) is 35.5 Å². The molecule has 0 saturated heterocycles. The summed E-state index contributed by atoms with van der Waals surface area (Å²) in [5.41, 5.74) is 4.69. The molecular weight excluding hydrogens is 308 g/mol. The van der Waals surface area contributed by atoms with Gasteiger partial charge in [0.25, 0.3) is 0 Å². The monoisotopic (exact) mass is 328 g/mol. The molecule has 23 heavy (non-hydrogen) atoms. The summed E-state index contributed by atoms with van der Waals surface area (Å²) in [7, 11) is 0. The first-order valence-electron chi connectivity index (χ1n) is 7.34. The predicted octanol–water partition coefficient (Wildman–Crippen LogP) is 2.20. The molecule has 0 spiro atoms. The van der Waals surface area contributed by atoms with E-state index in [0.29, 0.717) is 11.7 Å². The van der Waals surface area contributed by atoms with Gasteiger partial charge in [-0.3, -0.25) is 5.43 Å². The number of aromatic nitrogens is 3. The fourth-order valence-corrected chi connectivity index (χ4v) is 2.10. The Labute approximate surface area is 141 Å². The topological polar surface area (TPSA) is 67.1 Å². The Hall–Kier alpha value is -2.54. The quantitative estimate of drug-likeness (QED) is 0.483. The lowest BCUT2D eigenvalue weighted by molar-refractivity contribution is 0.649. The molecule has 7 heteroatoms. The van der Waals surface area contributed by atoms with E-state index in [-0.39, 0.29) is 6.04 Å². The average molecular weight is 328 g/mol. The maximum Gasteiger partial charge on any atom is 0.187 e. The number of allylic oxidation sites excluding steroid dienone is 1. The smallest absolute Gasteiger partial charge is 0.187 e. The van der Waals surface area contributed by atoms with E-state index in [2.05, 4.69) is 38.3 Å². The Morgan fingerprint density at radius 1 is 1.35 bits per heavy atom. The van der Waals surface area contributed by atoms with Gasteiger partial charge in [-0.05, 0) is 43.8 Å². The minimum Gasteiger partial charge on any atom is -0.359 e. The highest BCUT2D eigenvalue weighted by molar-refractivity contribution is 7.80. The molecule has 0 aliphatic heterocycles. The lowest BCUT2D eigenvalue weighted by Crippen LogP contribution is -2.36. The van der Waals surface area contributed by atoms with Crippen LogP contribution in [0.3, 0.4) is 0 Å². The Balaban J connectivity index is 1.81. The van der Waals surface area contributed by atoms with E-state index in [1.165, 1.54) is 5.56 Å². The molecule has 0 aliphatic carbocycles. The van der Waals surface area contributed by atoms with Crippen LogP contribution in [0.25, 0.3) is 6.08 Å².